The predicted octanol–water partition coefficient (Wildman–Crippen LogP) is 3.66. The molecule has 3 rings (SSSR count). The molecule has 2 nitrogen and oxygen atoms in total. The number of benzene rings is 1. The summed E-state index contributed by atoms with van der Waals surface area (Å²) < 4.78 is 33.8. The molecule has 0 amide bonds. The van der Waals surface area contributed by atoms with E-state index in [1.54, 1.807) is 6.92 Å². The monoisotopic (exact) mass is 282 g/mol. The van der Waals surface area contributed by atoms with E-state index in [1.807, 2.05) is 0 Å². The molecule has 2 fully saturated rings. The van der Waals surface area contributed by atoms with E-state index in [0.29, 0.717) is 25.0 Å². The van der Waals surface area contributed by atoms with Crippen LogP contribution in [-0.4, -0.2) is 17.3 Å². The molecular formula is C16H20F2O2. The average Bonchev–Trinajstić information content (AvgIpc) is 2.42. The Morgan fingerprint density at radius 3 is 2.75 bits per heavy atom. The molecule has 0 bridgehead atoms. The number of hydrogen-bond donors (Lipinski definition) is 1. The molecule has 0 aromatic heterocycles. The molecule has 1 heterocycles. The van der Waals surface area contributed by atoms with Crippen molar-refractivity contribution in [2.75, 3.05) is 6.61 Å². The van der Waals surface area contributed by atoms with E-state index >= 15 is 0 Å². The zero-order chi connectivity index (χ0) is 14.3. The molecule has 2 aliphatic rings. The van der Waals surface area contributed by atoms with Crippen LogP contribution >= 0.6 is 0 Å². The van der Waals surface area contributed by atoms with Gasteiger partial charge in [0.1, 0.15) is 11.6 Å². The topological polar surface area (TPSA) is 29.5 Å². The van der Waals surface area contributed by atoms with Gasteiger partial charge in [0.15, 0.2) is 0 Å². The maximum Gasteiger partial charge on any atom is 0.134 e. The van der Waals surface area contributed by atoms with Crippen LogP contribution in [0.15, 0.2) is 12.1 Å². The van der Waals surface area contributed by atoms with Crippen molar-refractivity contribution < 1.29 is 18.6 Å². The maximum atomic E-state index is 14.1. The Morgan fingerprint density at radius 1 is 1.35 bits per heavy atom. The van der Waals surface area contributed by atoms with Gasteiger partial charge in [0.2, 0.25) is 0 Å². The lowest BCUT2D eigenvalue weighted by atomic mass is 9.70. The van der Waals surface area contributed by atoms with E-state index < -0.39 is 17.7 Å². The number of rotatable bonds is 2. The first kappa shape index (κ1) is 14.0. The van der Waals surface area contributed by atoms with Crippen molar-refractivity contribution in [2.45, 2.75) is 50.7 Å². The molecule has 2 unspecified atom stereocenters. The SMILES string of the molecule is Cc1ccc(F)c(C(O)C2CCOC3(CCC3)C2)c1F. The molecule has 0 radical (unpaired) electrons. The second-order valence-corrected chi connectivity index (χ2v) is 6.17. The fraction of sp³-hybridized carbons (Fsp3) is 0.625. The van der Waals surface area contributed by atoms with Gasteiger partial charge in [0.05, 0.1) is 17.3 Å². The van der Waals surface area contributed by atoms with Crippen molar-refractivity contribution in [3.8, 4) is 0 Å². The van der Waals surface area contributed by atoms with Gasteiger partial charge in [-0.3, -0.25) is 0 Å². The van der Waals surface area contributed by atoms with Gasteiger partial charge in [-0.25, -0.2) is 8.78 Å². The Hall–Kier alpha value is -1.00. The van der Waals surface area contributed by atoms with Gasteiger partial charge in [-0.1, -0.05) is 6.07 Å². The second-order valence-electron chi connectivity index (χ2n) is 6.17. The number of ether oxygens (including phenoxy) is 1. The Bertz CT molecular complexity index is 511. The third-order valence-corrected chi connectivity index (χ3v) is 4.86. The molecule has 1 saturated heterocycles. The third kappa shape index (κ3) is 2.25. The summed E-state index contributed by atoms with van der Waals surface area (Å²) in [5.41, 5.74) is 0.0537. The average molecular weight is 282 g/mol. The molecule has 2 atom stereocenters. The Morgan fingerprint density at radius 2 is 2.10 bits per heavy atom. The first-order valence-electron chi connectivity index (χ1n) is 7.29. The van der Waals surface area contributed by atoms with Gasteiger partial charge in [-0.2, -0.15) is 0 Å². The molecule has 1 aliphatic carbocycles. The molecule has 1 spiro atoms. The fourth-order valence-corrected chi connectivity index (χ4v) is 3.44. The van der Waals surface area contributed by atoms with E-state index in [-0.39, 0.29) is 17.1 Å². The molecule has 1 saturated carbocycles. The van der Waals surface area contributed by atoms with Crippen molar-refractivity contribution in [3.05, 3.63) is 34.9 Å². The van der Waals surface area contributed by atoms with Gasteiger partial charge in [-0.15, -0.1) is 0 Å². The van der Waals surface area contributed by atoms with E-state index in [2.05, 4.69) is 0 Å². The Labute approximate surface area is 117 Å². The fourth-order valence-electron chi connectivity index (χ4n) is 3.44. The van der Waals surface area contributed by atoms with Crippen LogP contribution in [0, 0.1) is 24.5 Å². The predicted molar refractivity (Wildman–Crippen MR) is 71.3 cm³/mol. The van der Waals surface area contributed by atoms with Crippen LogP contribution in [0.3, 0.4) is 0 Å². The van der Waals surface area contributed by atoms with Gasteiger partial charge in [0, 0.05) is 6.61 Å². The summed E-state index contributed by atoms with van der Waals surface area (Å²) in [6.07, 6.45) is 3.38. The van der Waals surface area contributed by atoms with Crippen molar-refractivity contribution in [2.24, 2.45) is 5.92 Å². The van der Waals surface area contributed by atoms with Crippen LogP contribution in [-0.2, 0) is 4.74 Å². The molecule has 110 valence electrons. The van der Waals surface area contributed by atoms with E-state index in [4.69, 9.17) is 4.74 Å². The quantitative estimate of drug-likeness (QED) is 0.897. The summed E-state index contributed by atoms with van der Waals surface area (Å²) in [6, 6.07) is 2.63. The normalized spacial score (nSPS) is 26.3. The Kier molecular flexibility index (Phi) is 3.55. The highest BCUT2D eigenvalue weighted by molar-refractivity contribution is 5.29. The summed E-state index contributed by atoms with van der Waals surface area (Å²) in [4.78, 5) is 0. The second kappa shape index (κ2) is 5.08. The van der Waals surface area contributed by atoms with Crippen molar-refractivity contribution in [3.63, 3.8) is 0 Å². The first-order valence-corrected chi connectivity index (χ1v) is 7.29. The lowest BCUT2D eigenvalue weighted by Gasteiger charge is -2.48. The zero-order valence-electron chi connectivity index (χ0n) is 11.7. The number of aryl methyl sites for hydroxylation is 1. The molecular weight excluding hydrogens is 262 g/mol. The largest absolute Gasteiger partial charge is 0.388 e. The zero-order valence-corrected chi connectivity index (χ0v) is 11.7. The van der Waals surface area contributed by atoms with Gasteiger partial charge >= 0.3 is 0 Å². The number of aliphatic hydroxyl groups is 1. The van der Waals surface area contributed by atoms with Crippen molar-refractivity contribution >= 4 is 0 Å². The smallest absolute Gasteiger partial charge is 0.134 e. The van der Waals surface area contributed by atoms with E-state index in [0.717, 1.165) is 19.3 Å². The highest BCUT2D eigenvalue weighted by Gasteiger charge is 2.45. The van der Waals surface area contributed by atoms with E-state index in [1.165, 1.54) is 12.1 Å². The Balaban J connectivity index is 1.85. The minimum Gasteiger partial charge on any atom is -0.388 e. The molecule has 1 aromatic carbocycles. The summed E-state index contributed by atoms with van der Waals surface area (Å²) >= 11 is 0. The van der Waals surface area contributed by atoms with Gasteiger partial charge in [0.25, 0.3) is 0 Å². The molecule has 20 heavy (non-hydrogen) atoms. The minimum atomic E-state index is -1.09. The van der Waals surface area contributed by atoms with Crippen LogP contribution in [0.5, 0.6) is 0 Å². The van der Waals surface area contributed by atoms with Crippen LogP contribution in [0.2, 0.25) is 0 Å². The van der Waals surface area contributed by atoms with Crippen molar-refractivity contribution in [1.29, 1.82) is 0 Å². The maximum absolute atomic E-state index is 14.1. The number of hydrogen-bond acceptors (Lipinski definition) is 2. The van der Waals surface area contributed by atoms with Crippen LogP contribution in [0.4, 0.5) is 8.78 Å². The lowest BCUT2D eigenvalue weighted by molar-refractivity contribution is -0.157. The standard InChI is InChI=1S/C16H20F2O2/c1-10-3-4-12(17)13(14(10)18)15(19)11-5-8-20-16(9-11)6-2-7-16/h3-4,11,15,19H,2,5-9H2,1H3. The first-order chi connectivity index (χ1) is 9.52. The molecule has 1 aromatic rings. The van der Waals surface area contributed by atoms with Crippen molar-refractivity contribution in [1.82, 2.24) is 0 Å². The molecule has 1 N–H and O–H groups in total. The van der Waals surface area contributed by atoms with E-state index in [9.17, 15) is 13.9 Å². The summed E-state index contributed by atoms with van der Waals surface area (Å²) in [5.74, 6) is -1.41. The molecule has 4 heteroatoms. The van der Waals surface area contributed by atoms with Gasteiger partial charge < -0.3 is 9.84 Å². The number of halogens is 2. The third-order valence-electron chi connectivity index (χ3n) is 4.86. The van der Waals surface area contributed by atoms with Crippen LogP contribution in [0.1, 0.15) is 49.3 Å². The van der Waals surface area contributed by atoms with Gasteiger partial charge in [-0.05, 0) is 56.6 Å². The molecule has 1 aliphatic heterocycles. The summed E-state index contributed by atoms with van der Waals surface area (Å²) in [5, 5.41) is 10.4. The highest BCUT2D eigenvalue weighted by atomic mass is 19.1. The lowest BCUT2D eigenvalue weighted by Crippen LogP contribution is -2.46. The van der Waals surface area contributed by atoms with Crippen LogP contribution < -0.4 is 0 Å². The summed E-state index contributed by atoms with van der Waals surface area (Å²) in [7, 11) is 0. The minimum absolute atomic E-state index is 0.130. The highest BCUT2D eigenvalue weighted by Crippen LogP contribution is 2.47. The summed E-state index contributed by atoms with van der Waals surface area (Å²) in [6.45, 7) is 2.15. The number of aliphatic hydroxyl groups excluding tert-OH is 1. The van der Waals surface area contributed by atoms with Crippen LogP contribution in [0.25, 0.3) is 0 Å².